The minimum atomic E-state index is -0.0555. The average Bonchev–Trinajstić information content (AvgIpc) is 3.02. The minimum Gasteiger partial charge on any atom is -0.352 e. The number of rotatable bonds is 5. The van der Waals surface area contributed by atoms with E-state index in [1.54, 1.807) is 11.1 Å². The third-order valence-electron chi connectivity index (χ3n) is 3.79. The van der Waals surface area contributed by atoms with Crippen LogP contribution in [-0.4, -0.2) is 52.2 Å². The summed E-state index contributed by atoms with van der Waals surface area (Å²) in [4.78, 5) is 25.4. The maximum atomic E-state index is 12.5. The van der Waals surface area contributed by atoms with E-state index in [4.69, 9.17) is 5.73 Å². The van der Waals surface area contributed by atoms with Gasteiger partial charge in [0.05, 0.1) is 11.8 Å². The largest absolute Gasteiger partial charge is 0.352 e. The highest BCUT2D eigenvalue weighted by atomic mass is 16.2. The van der Waals surface area contributed by atoms with Crippen molar-refractivity contribution in [2.75, 3.05) is 19.6 Å². The van der Waals surface area contributed by atoms with Crippen LogP contribution < -0.4 is 11.1 Å². The van der Waals surface area contributed by atoms with E-state index in [-0.39, 0.29) is 17.9 Å². The number of amides is 2. The predicted octanol–water partition coefficient (Wildman–Crippen LogP) is -0.109. The van der Waals surface area contributed by atoms with Crippen LogP contribution in [-0.2, 0) is 11.3 Å². The summed E-state index contributed by atoms with van der Waals surface area (Å²) in [5.41, 5.74) is 7.00. The summed E-state index contributed by atoms with van der Waals surface area (Å²) < 4.78 is 1.82. The fourth-order valence-electron chi connectivity index (χ4n) is 2.64. The zero-order valence-electron chi connectivity index (χ0n) is 12.6. The smallest absolute Gasteiger partial charge is 0.257 e. The van der Waals surface area contributed by atoms with E-state index in [9.17, 15) is 9.59 Å². The van der Waals surface area contributed by atoms with Gasteiger partial charge in [-0.1, -0.05) is 0 Å². The van der Waals surface area contributed by atoms with E-state index >= 15 is 0 Å². The van der Waals surface area contributed by atoms with Crippen LogP contribution in [0, 0.1) is 6.92 Å². The zero-order valence-corrected chi connectivity index (χ0v) is 12.6. The van der Waals surface area contributed by atoms with E-state index < -0.39 is 0 Å². The Balaban J connectivity index is 2.01. The third-order valence-corrected chi connectivity index (χ3v) is 3.79. The number of nitrogens with two attached hydrogens (primary N) is 1. The fraction of sp³-hybridized carbons (Fsp3) is 0.643. The van der Waals surface area contributed by atoms with Crippen molar-refractivity contribution in [2.24, 2.45) is 5.73 Å². The molecule has 1 aromatic rings. The second kappa shape index (κ2) is 6.71. The lowest BCUT2D eigenvalue weighted by Crippen LogP contribution is -2.37. The second-order valence-corrected chi connectivity index (χ2v) is 5.45. The Kier molecular flexibility index (Phi) is 4.95. The topological polar surface area (TPSA) is 93.2 Å². The minimum absolute atomic E-state index is 0.0145. The van der Waals surface area contributed by atoms with Crippen LogP contribution in [0.1, 0.15) is 35.8 Å². The molecule has 0 radical (unpaired) electrons. The molecule has 2 amide bonds. The highest BCUT2D eigenvalue weighted by Crippen LogP contribution is 2.16. The molecule has 1 saturated heterocycles. The van der Waals surface area contributed by atoms with Gasteiger partial charge in [0.15, 0.2) is 0 Å². The lowest BCUT2D eigenvalue weighted by Gasteiger charge is -2.16. The van der Waals surface area contributed by atoms with E-state index in [0.29, 0.717) is 25.2 Å². The number of nitrogens with zero attached hydrogens (tertiary/aromatic N) is 3. The van der Waals surface area contributed by atoms with Gasteiger partial charge in [0.1, 0.15) is 0 Å². The highest BCUT2D eigenvalue weighted by Gasteiger charge is 2.29. The van der Waals surface area contributed by atoms with Gasteiger partial charge in [0.25, 0.3) is 5.91 Å². The molecular weight excluding hydrogens is 270 g/mol. The van der Waals surface area contributed by atoms with Gasteiger partial charge in [-0.05, 0) is 26.3 Å². The molecule has 7 nitrogen and oxygen atoms in total. The number of hydrogen-bond acceptors (Lipinski definition) is 4. The number of hydrogen-bond donors (Lipinski definition) is 2. The van der Waals surface area contributed by atoms with Crippen molar-refractivity contribution in [3.05, 3.63) is 17.5 Å². The van der Waals surface area contributed by atoms with Gasteiger partial charge in [-0.3, -0.25) is 14.3 Å². The number of carbonyl (C=O) groups excluding carboxylic acids is 2. The molecule has 1 atom stereocenters. The summed E-state index contributed by atoms with van der Waals surface area (Å²) in [6.07, 6.45) is 3.26. The van der Waals surface area contributed by atoms with Gasteiger partial charge >= 0.3 is 0 Å². The van der Waals surface area contributed by atoms with Crippen LogP contribution in [0.2, 0.25) is 0 Å². The summed E-state index contributed by atoms with van der Waals surface area (Å²) in [7, 11) is 0. The van der Waals surface area contributed by atoms with Crippen LogP contribution in [0.15, 0.2) is 6.20 Å². The van der Waals surface area contributed by atoms with Crippen LogP contribution in [0.25, 0.3) is 0 Å². The lowest BCUT2D eigenvalue weighted by molar-refractivity contribution is -0.119. The normalized spacial score (nSPS) is 18.0. The Morgan fingerprint density at radius 3 is 2.95 bits per heavy atom. The van der Waals surface area contributed by atoms with Gasteiger partial charge in [0.2, 0.25) is 5.91 Å². The van der Waals surface area contributed by atoms with Crippen LogP contribution in [0.4, 0.5) is 0 Å². The lowest BCUT2D eigenvalue weighted by atomic mass is 10.2. The average molecular weight is 293 g/mol. The summed E-state index contributed by atoms with van der Waals surface area (Å²) >= 11 is 0. The number of carbonyl (C=O) groups is 2. The molecule has 2 heterocycles. The van der Waals surface area contributed by atoms with Crippen molar-refractivity contribution in [3.8, 4) is 0 Å². The number of nitrogens with one attached hydrogen (secondary N) is 1. The first kappa shape index (κ1) is 15.5. The Morgan fingerprint density at radius 2 is 2.29 bits per heavy atom. The van der Waals surface area contributed by atoms with E-state index in [1.807, 2.05) is 11.6 Å². The molecule has 1 aliphatic rings. The molecule has 21 heavy (non-hydrogen) atoms. The second-order valence-electron chi connectivity index (χ2n) is 5.45. The molecular formula is C14H23N5O2. The maximum Gasteiger partial charge on any atom is 0.257 e. The van der Waals surface area contributed by atoms with Gasteiger partial charge in [-0.2, -0.15) is 5.10 Å². The molecule has 0 spiro atoms. The van der Waals surface area contributed by atoms with Gasteiger partial charge in [-0.25, -0.2) is 0 Å². The molecule has 0 bridgehead atoms. The van der Waals surface area contributed by atoms with Crippen molar-refractivity contribution >= 4 is 11.8 Å². The molecule has 1 aliphatic heterocycles. The van der Waals surface area contributed by atoms with E-state index in [1.165, 1.54) is 6.92 Å². The summed E-state index contributed by atoms with van der Waals surface area (Å²) in [5.74, 6) is -0.0700. The molecule has 7 heteroatoms. The Hall–Kier alpha value is -1.89. The monoisotopic (exact) mass is 293 g/mol. The summed E-state index contributed by atoms with van der Waals surface area (Å²) in [6.45, 7) is 5.95. The zero-order chi connectivity index (χ0) is 15.4. The first-order chi connectivity index (χ1) is 10.0. The van der Waals surface area contributed by atoms with Crippen molar-refractivity contribution in [1.82, 2.24) is 20.0 Å². The van der Waals surface area contributed by atoms with E-state index in [0.717, 1.165) is 25.1 Å². The Bertz CT molecular complexity index is 525. The standard InChI is InChI=1S/C14H23N5O2/c1-10-13(8-16-19(10)6-3-5-15)14(21)18-7-4-12(9-18)17-11(2)20/h8,12H,3-7,9,15H2,1-2H3,(H,17,20). The highest BCUT2D eigenvalue weighted by molar-refractivity contribution is 5.95. The first-order valence-corrected chi connectivity index (χ1v) is 7.31. The summed E-state index contributed by atoms with van der Waals surface area (Å²) in [6, 6.07) is 0.0547. The van der Waals surface area contributed by atoms with Gasteiger partial charge < -0.3 is 16.0 Å². The summed E-state index contributed by atoms with van der Waals surface area (Å²) in [5, 5.41) is 7.12. The SMILES string of the molecule is CC(=O)NC1CCN(C(=O)c2cnn(CCCN)c2C)C1. The molecule has 3 N–H and O–H groups in total. The molecule has 0 saturated carbocycles. The van der Waals surface area contributed by atoms with Crippen molar-refractivity contribution < 1.29 is 9.59 Å². The molecule has 0 aliphatic carbocycles. The Labute approximate surface area is 124 Å². The quantitative estimate of drug-likeness (QED) is 0.792. The number of aromatic nitrogens is 2. The molecule has 1 aromatic heterocycles. The molecule has 2 rings (SSSR count). The van der Waals surface area contributed by atoms with Crippen molar-refractivity contribution in [1.29, 1.82) is 0 Å². The molecule has 116 valence electrons. The number of aryl methyl sites for hydroxylation is 1. The van der Waals surface area contributed by atoms with Gasteiger partial charge in [0, 0.05) is 38.3 Å². The third kappa shape index (κ3) is 3.60. The molecule has 1 fully saturated rings. The maximum absolute atomic E-state index is 12.5. The molecule has 1 unspecified atom stereocenters. The van der Waals surface area contributed by atoms with Crippen molar-refractivity contribution in [2.45, 2.75) is 39.3 Å². The van der Waals surface area contributed by atoms with Crippen molar-refractivity contribution in [3.63, 3.8) is 0 Å². The Morgan fingerprint density at radius 1 is 1.52 bits per heavy atom. The van der Waals surface area contributed by atoms with Crippen LogP contribution >= 0.6 is 0 Å². The molecule has 0 aromatic carbocycles. The predicted molar refractivity (Wildman–Crippen MR) is 78.8 cm³/mol. The fourth-order valence-corrected chi connectivity index (χ4v) is 2.64. The first-order valence-electron chi connectivity index (χ1n) is 7.31. The van der Waals surface area contributed by atoms with Crippen LogP contribution in [0.5, 0.6) is 0 Å². The van der Waals surface area contributed by atoms with Crippen LogP contribution in [0.3, 0.4) is 0 Å². The van der Waals surface area contributed by atoms with E-state index in [2.05, 4.69) is 10.4 Å². The number of likely N-dealkylation sites (tertiary alicyclic amines) is 1. The van der Waals surface area contributed by atoms with Gasteiger partial charge in [-0.15, -0.1) is 0 Å².